The Hall–Kier alpha value is -1.85. The van der Waals surface area contributed by atoms with E-state index in [0.717, 1.165) is 15.8 Å². The molecule has 0 aliphatic heterocycles. The predicted molar refractivity (Wildman–Crippen MR) is 97.7 cm³/mol. The van der Waals surface area contributed by atoms with Crippen LogP contribution in [0.5, 0.6) is 11.5 Å². The van der Waals surface area contributed by atoms with E-state index in [9.17, 15) is 5.11 Å². The van der Waals surface area contributed by atoms with E-state index in [2.05, 4.69) is 31.9 Å². The van der Waals surface area contributed by atoms with Gasteiger partial charge in [0.1, 0.15) is 11.5 Å². The van der Waals surface area contributed by atoms with Crippen molar-refractivity contribution in [2.24, 2.45) is 4.99 Å². The van der Waals surface area contributed by atoms with Crippen LogP contribution in [0.15, 0.2) is 51.9 Å². The highest BCUT2D eigenvalue weighted by atomic mass is 79.9. The number of rotatable bonds is 6. The van der Waals surface area contributed by atoms with Gasteiger partial charge < -0.3 is 14.7 Å². The smallest absolute Gasteiger partial charge is 0.124 e. The van der Waals surface area contributed by atoms with Crippen molar-refractivity contribution in [2.45, 2.75) is 6.04 Å². The molecule has 1 atom stereocenters. The van der Waals surface area contributed by atoms with E-state index >= 15 is 0 Å². The molecule has 2 rings (SSSR count). The molecule has 2 aromatic rings. The van der Waals surface area contributed by atoms with Gasteiger partial charge in [-0.1, -0.05) is 34.1 Å². The van der Waals surface area contributed by atoms with Crippen molar-refractivity contribution in [2.75, 3.05) is 27.7 Å². The number of aliphatic imine (C=N–C) groups is 1. The van der Waals surface area contributed by atoms with Gasteiger partial charge in [0.15, 0.2) is 0 Å². The van der Waals surface area contributed by atoms with E-state index in [1.165, 1.54) is 0 Å². The molecule has 0 spiro atoms. The predicted octanol–water partition coefficient (Wildman–Crippen LogP) is 3.89. The summed E-state index contributed by atoms with van der Waals surface area (Å²) in [6, 6.07) is 13.3. The van der Waals surface area contributed by atoms with Crippen LogP contribution in [-0.2, 0) is 0 Å². The molecule has 0 fully saturated rings. The number of likely N-dealkylation sites (N-methyl/N-ethyl adjacent to an activating group) is 1. The number of benzene rings is 2. The van der Waals surface area contributed by atoms with Crippen molar-refractivity contribution in [3.63, 3.8) is 0 Å². The molecular formula is C18H21BrN2O2. The van der Waals surface area contributed by atoms with Crippen molar-refractivity contribution in [1.82, 2.24) is 4.90 Å². The van der Waals surface area contributed by atoms with Crippen molar-refractivity contribution in [3.8, 4) is 11.5 Å². The number of nitrogens with zero attached hydrogens (tertiary/aromatic N) is 2. The van der Waals surface area contributed by atoms with Gasteiger partial charge in [-0.3, -0.25) is 4.99 Å². The third-order valence-corrected chi connectivity index (χ3v) is 4.11. The molecule has 0 aliphatic rings. The third kappa shape index (κ3) is 4.56. The number of para-hydroxylation sites is 1. The lowest BCUT2D eigenvalue weighted by Gasteiger charge is -2.24. The minimum absolute atomic E-state index is 0.0942. The van der Waals surface area contributed by atoms with Gasteiger partial charge in [0.25, 0.3) is 0 Å². The second-order valence-corrected chi connectivity index (χ2v) is 6.33. The monoisotopic (exact) mass is 376 g/mol. The maximum Gasteiger partial charge on any atom is 0.124 e. The van der Waals surface area contributed by atoms with Crippen LogP contribution in [-0.4, -0.2) is 44.0 Å². The summed E-state index contributed by atoms with van der Waals surface area (Å²) in [7, 11) is 5.71. The van der Waals surface area contributed by atoms with Crippen LogP contribution in [0, 0.1) is 0 Å². The average Bonchev–Trinajstić information content (AvgIpc) is 2.54. The second-order valence-electron chi connectivity index (χ2n) is 5.42. The molecule has 122 valence electrons. The summed E-state index contributed by atoms with van der Waals surface area (Å²) < 4.78 is 6.36. The number of phenolic OH excluding ortho intramolecular Hbond substituents is 1. The maximum absolute atomic E-state index is 9.87. The first kappa shape index (κ1) is 17.5. The summed E-state index contributed by atoms with van der Waals surface area (Å²) >= 11 is 3.40. The highest BCUT2D eigenvalue weighted by Gasteiger charge is 2.17. The third-order valence-electron chi connectivity index (χ3n) is 3.62. The molecule has 0 saturated carbocycles. The molecule has 0 unspecified atom stereocenters. The quantitative estimate of drug-likeness (QED) is 0.777. The molecule has 23 heavy (non-hydrogen) atoms. The lowest BCUT2D eigenvalue weighted by Crippen LogP contribution is -2.23. The van der Waals surface area contributed by atoms with E-state index in [4.69, 9.17) is 4.74 Å². The van der Waals surface area contributed by atoms with E-state index in [0.29, 0.717) is 12.1 Å². The minimum atomic E-state index is 0.0942. The Balaban J connectivity index is 2.20. The van der Waals surface area contributed by atoms with E-state index in [-0.39, 0.29) is 11.8 Å². The Kier molecular flexibility index (Phi) is 6.19. The molecule has 0 saturated heterocycles. The average molecular weight is 377 g/mol. The number of hydrogen-bond acceptors (Lipinski definition) is 4. The van der Waals surface area contributed by atoms with Crippen molar-refractivity contribution >= 4 is 22.1 Å². The zero-order valence-electron chi connectivity index (χ0n) is 13.5. The molecular weight excluding hydrogens is 356 g/mol. The van der Waals surface area contributed by atoms with Gasteiger partial charge in [0.2, 0.25) is 0 Å². The SMILES string of the molecule is COc1ccccc1[C@H](CN=Cc1cc(Br)ccc1O)N(C)C. The second kappa shape index (κ2) is 8.13. The zero-order valence-corrected chi connectivity index (χ0v) is 15.1. The van der Waals surface area contributed by atoms with Crippen molar-refractivity contribution in [3.05, 3.63) is 58.1 Å². The van der Waals surface area contributed by atoms with Gasteiger partial charge in [0, 0.05) is 21.8 Å². The number of methoxy groups -OCH3 is 1. The molecule has 1 N–H and O–H groups in total. The summed E-state index contributed by atoms with van der Waals surface area (Å²) in [5.41, 5.74) is 1.78. The van der Waals surface area contributed by atoms with Crippen molar-refractivity contribution in [1.29, 1.82) is 0 Å². The van der Waals surface area contributed by atoms with Crippen molar-refractivity contribution < 1.29 is 9.84 Å². The Morgan fingerprint density at radius 1 is 1.26 bits per heavy atom. The van der Waals surface area contributed by atoms with Gasteiger partial charge in [-0.05, 0) is 38.4 Å². The summed E-state index contributed by atoms with van der Waals surface area (Å²) in [4.78, 5) is 6.62. The number of ether oxygens (including phenoxy) is 1. The van der Waals surface area contributed by atoms with Crippen LogP contribution in [0.2, 0.25) is 0 Å². The zero-order chi connectivity index (χ0) is 16.8. The number of halogens is 1. The Labute approximate surface area is 145 Å². The summed E-state index contributed by atoms with van der Waals surface area (Å²) in [5, 5.41) is 9.87. The highest BCUT2D eigenvalue weighted by Crippen LogP contribution is 2.28. The van der Waals surface area contributed by atoms with Crippen LogP contribution in [0.3, 0.4) is 0 Å². The molecule has 0 heterocycles. The minimum Gasteiger partial charge on any atom is -0.507 e. The van der Waals surface area contributed by atoms with Gasteiger partial charge in [-0.15, -0.1) is 0 Å². The van der Waals surface area contributed by atoms with E-state index in [1.807, 2.05) is 38.4 Å². The molecule has 5 heteroatoms. The van der Waals surface area contributed by atoms with Crippen LogP contribution in [0.1, 0.15) is 17.2 Å². The number of hydrogen-bond donors (Lipinski definition) is 1. The first-order valence-electron chi connectivity index (χ1n) is 7.30. The summed E-state index contributed by atoms with van der Waals surface area (Å²) in [5.74, 6) is 1.07. The van der Waals surface area contributed by atoms with E-state index in [1.54, 1.807) is 25.5 Å². The Bertz CT molecular complexity index is 686. The fraction of sp³-hybridized carbons (Fsp3) is 0.278. The molecule has 4 nitrogen and oxygen atoms in total. The topological polar surface area (TPSA) is 45.1 Å². The Morgan fingerprint density at radius 2 is 2.00 bits per heavy atom. The summed E-state index contributed by atoms with van der Waals surface area (Å²) in [6.07, 6.45) is 1.70. The number of aromatic hydroxyl groups is 1. The van der Waals surface area contributed by atoms with Crippen LogP contribution in [0.25, 0.3) is 0 Å². The number of phenols is 1. The molecule has 0 aliphatic carbocycles. The van der Waals surface area contributed by atoms with Crippen LogP contribution >= 0.6 is 15.9 Å². The van der Waals surface area contributed by atoms with Gasteiger partial charge in [0.05, 0.1) is 19.7 Å². The largest absolute Gasteiger partial charge is 0.507 e. The highest BCUT2D eigenvalue weighted by molar-refractivity contribution is 9.10. The lowest BCUT2D eigenvalue weighted by molar-refractivity contribution is 0.295. The normalized spacial score (nSPS) is 12.7. The maximum atomic E-state index is 9.87. The van der Waals surface area contributed by atoms with E-state index < -0.39 is 0 Å². The summed E-state index contributed by atoms with van der Waals surface area (Å²) in [6.45, 7) is 0.569. The molecule has 2 aromatic carbocycles. The van der Waals surface area contributed by atoms with Crippen LogP contribution in [0.4, 0.5) is 0 Å². The standard InChI is InChI=1S/C18H21BrN2O2/c1-21(2)16(15-6-4-5-7-18(15)23-3)12-20-11-13-10-14(19)8-9-17(13)22/h4-11,16,22H,12H2,1-3H3/t16-/m0/s1. The first-order chi connectivity index (χ1) is 11.0. The van der Waals surface area contributed by atoms with Gasteiger partial charge in [-0.2, -0.15) is 0 Å². The Morgan fingerprint density at radius 3 is 2.70 bits per heavy atom. The van der Waals surface area contributed by atoms with Gasteiger partial charge in [-0.25, -0.2) is 0 Å². The van der Waals surface area contributed by atoms with Gasteiger partial charge >= 0.3 is 0 Å². The first-order valence-corrected chi connectivity index (χ1v) is 8.10. The fourth-order valence-corrected chi connectivity index (χ4v) is 2.74. The fourth-order valence-electron chi connectivity index (χ4n) is 2.36. The molecule has 0 bridgehead atoms. The lowest BCUT2D eigenvalue weighted by atomic mass is 10.0. The van der Waals surface area contributed by atoms with Crippen LogP contribution < -0.4 is 4.74 Å². The molecule has 0 aromatic heterocycles. The molecule has 0 radical (unpaired) electrons. The molecule has 0 amide bonds.